The van der Waals surface area contributed by atoms with E-state index in [-0.39, 0.29) is 53.9 Å². The summed E-state index contributed by atoms with van der Waals surface area (Å²) in [6.45, 7) is 13.4. The number of carbonyl (C=O) groups excluding carboxylic acids is 2. The minimum Gasteiger partial charge on any atom is -0.387 e. The first-order chi connectivity index (χ1) is 22.0. The Kier molecular flexibility index (Phi) is 11.4. The van der Waals surface area contributed by atoms with Crippen molar-refractivity contribution in [1.82, 2.24) is 14.7 Å². The van der Waals surface area contributed by atoms with E-state index < -0.39 is 41.9 Å². The van der Waals surface area contributed by atoms with Gasteiger partial charge in [-0.15, -0.1) is 0 Å². The quantitative estimate of drug-likeness (QED) is 0.481. The van der Waals surface area contributed by atoms with Crippen molar-refractivity contribution in [2.45, 2.75) is 153 Å². The van der Waals surface area contributed by atoms with E-state index in [1.54, 1.807) is 12.0 Å². The van der Waals surface area contributed by atoms with Gasteiger partial charge in [-0.05, 0) is 72.9 Å². The molecule has 11 heteroatoms. The molecule has 0 radical (unpaired) electrons. The maximum atomic E-state index is 14.4. The van der Waals surface area contributed by atoms with Crippen LogP contribution in [0, 0.1) is 23.7 Å². The van der Waals surface area contributed by atoms with Crippen molar-refractivity contribution in [1.29, 1.82) is 0 Å². The van der Waals surface area contributed by atoms with Gasteiger partial charge >= 0.3 is 0 Å². The first-order valence-electron chi connectivity index (χ1n) is 18.1. The number of nitrogens with zero attached hydrogens (tertiary/aromatic N) is 3. The molecule has 1 N–H and O–H groups in total. The lowest BCUT2D eigenvalue weighted by atomic mass is 9.69. The van der Waals surface area contributed by atoms with Gasteiger partial charge in [0.1, 0.15) is 0 Å². The fourth-order valence-corrected chi connectivity index (χ4v) is 9.67. The number of hydrogen-bond donors (Lipinski definition) is 1. The van der Waals surface area contributed by atoms with Gasteiger partial charge < -0.3 is 43.5 Å². The topological polar surface area (TPSA) is 110 Å². The van der Waals surface area contributed by atoms with Crippen molar-refractivity contribution in [2.24, 2.45) is 23.7 Å². The van der Waals surface area contributed by atoms with Crippen molar-refractivity contribution in [2.75, 3.05) is 41.3 Å². The zero-order chi connectivity index (χ0) is 34.4. The molecule has 47 heavy (non-hydrogen) atoms. The molecule has 5 aliphatic rings. The zero-order valence-corrected chi connectivity index (χ0v) is 30.6. The Bertz CT molecular complexity index is 1110. The lowest BCUT2D eigenvalue weighted by molar-refractivity contribution is -0.335. The highest BCUT2D eigenvalue weighted by Gasteiger charge is 2.57. The second-order valence-electron chi connectivity index (χ2n) is 16.4. The molecule has 0 bridgehead atoms. The molecule has 270 valence electrons. The highest BCUT2D eigenvalue weighted by Crippen LogP contribution is 2.48. The van der Waals surface area contributed by atoms with Crippen LogP contribution >= 0.6 is 0 Å². The van der Waals surface area contributed by atoms with Crippen molar-refractivity contribution < 1.29 is 38.4 Å². The van der Waals surface area contributed by atoms with E-state index >= 15 is 0 Å². The predicted octanol–water partition coefficient (Wildman–Crippen LogP) is 3.65. The standard InChI is InChI=1S/C36H63N3O8/c1-21-16-36(42)18-27-28(37(7)8)14-22(2)45-34(27)47-32(36)24(4)31(46-30-19-35(6,43-10)17-23(3)44-30)25(5)33(41)39-13-11-12-26(39)15-29(40)38(9)20-21/h21-28,30-32,34,42H,11-20H2,1-10H3/t21-,22-,23+,24+,25-,26+,27-,28+,30+,31+,32-,34+,35+,36+/m1/s1. The number of amides is 2. The third-order valence-electron chi connectivity index (χ3n) is 12.0. The molecule has 0 unspecified atom stereocenters. The van der Waals surface area contributed by atoms with Crippen LogP contribution < -0.4 is 0 Å². The molecule has 0 aromatic carbocycles. The van der Waals surface area contributed by atoms with Crippen LogP contribution in [0.3, 0.4) is 0 Å². The summed E-state index contributed by atoms with van der Waals surface area (Å²) in [7, 11) is 7.72. The van der Waals surface area contributed by atoms with Gasteiger partial charge in [0.25, 0.3) is 0 Å². The molecule has 5 aliphatic heterocycles. The van der Waals surface area contributed by atoms with E-state index in [4.69, 9.17) is 23.7 Å². The lowest BCUT2D eigenvalue weighted by Crippen LogP contribution is -2.65. The minimum atomic E-state index is -1.24. The summed E-state index contributed by atoms with van der Waals surface area (Å²) in [6, 6.07) is 0.0423. The van der Waals surface area contributed by atoms with Crippen LogP contribution in [0.25, 0.3) is 0 Å². The molecular weight excluding hydrogens is 602 g/mol. The van der Waals surface area contributed by atoms with E-state index in [9.17, 15) is 14.7 Å². The van der Waals surface area contributed by atoms with Gasteiger partial charge in [0.15, 0.2) is 12.6 Å². The summed E-state index contributed by atoms with van der Waals surface area (Å²) in [4.78, 5) is 33.8. The zero-order valence-electron chi connectivity index (χ0n) is 30.6. The summed E-state index contributed by atoms with van der Waals surface area (Å²) in [5.74, 6) is -0.981. The van der Waals surface area contributed by atoms with Gasteiger partial charge in [0, 0.05) is 70.4 Å². The molecule has 2 amide bonds. The van der Waals surface area contributed by atoms with Crippen molar-refractivity contribution in [3.63, 3.8) is 0 Å². The molecular formula is C36H63N3O8. The average molecular weight is 666 g/mol. The van der Waals surface area contributed by atoms with Crippen LogP contribution in [-0.2, 0) is 33.3 Å². The Hall–Kier alpha value is -1.34. The number of fused-ring (bicyclic) bond motifs is 3. The number of methoxy groups -OCH3 is 1. The van der Waals surface area contributed by atoms with Crippen LogP contribution in [0.5, 0.6) is 0 Å². The summed E-state index contributed by atoms with van der Waals surface area (Å²) in [5, 5.41) is 12.9. The highest BCUT2D eigenvalue weighted by molar-refractivity contribution is 5.82. The third-order valence-corrected chi connectivity index (χ3v) is 12.0. The van der Waals surface area contributed by atoms with Crippen molar-refractivity contribution >= 4 is 11.8 Å². The van der Waals surface area contributed by atoms with Crippen molar-refractivity contribution in [3.8, 4) is 0 Å². The normalized spacial score (nSPS) is 47.3. The summed E-state index contributed by atoms with van der Waals surface area (Å²) in [6.07, 6.45) is 2.56. The number of hydrogen-bond acceptors (Lipinski definition) is 9. The lowest BCUT2D eigenvalue weighted by Gasteiger charge is -2.56. The average Bonchev–Trinajstić information content (AvgIpc) is 3.45. The Morgan fingerprint density at radius 3 is 2.38 bits per heavy atom. The van der Waals surface area contributed by atoms with Gasteiger partial charge in [-0.3, -0.25) is 9.59 Å². The summed E-state index contributed by atoms with van der Waals surface area (Å²) in [5.41, 5.74) is -1.67. The van der Waals surface area contributed by atoms with Crippen LogP contribution in [0.4, 0.5) is 0 Å². The molecule has 5 fully saturated rings. The first kappa shape index (κ1) is 36.9. The smallest absolute Gasteiger partial charge is 0.228 e. The fourth-order valence-electron chi connectivity index (χ4n) is 9.67. The molecule has 5 rings (SSSR count). The molecule has 5 heterocycles. The van der Waals surface area contributed by atoms with E-state index in [2.05, 4.69) is 46.7 Å². The Morgan fingerprint density at radius 2 is 1.70 bits per heavy atom. The van der Waals surface area contributed by atoms with E-state index in [0.717, 1.165) is 25.7 Å². The van der Waals surface area contributed by atoms with E-state index in [1.807, 2.05) is 25.8 Å². The number of rotatable bonds is 4. The molecule has 14 atom stereocenters. The molecule has 11 nitrogen and oxygen atoms in total. The highest BCUT2D eigenvalue weighted by atomic mass is 16.7. The molecule has 0 saturated carbocycles. The Morgan fingerprint density at radius 1 is 0.979 bits per heavy atom. The summed E-state index contributed by atoms with van der Waals surface area (Å²) >= 11 is 0. The fraction of sp³-hybridized carbons (Fsp3) is 0.944. The SMILES string of the molecule is CO[C@]1(C)C[C@H](O[C@H]2[C@H](C)[C@H]3O[C@@H]4O[C@H](C)C[C@H](N(C)C)[C@H]4C[C@@]3(O)C[C@@H](C)CN(C)C(=O)C[C@@H]3CCCN3C(=O)[C@@H]2C)O[C@@H](C)C1. The minimum absolute atomic E-state index is 0.00531. The second-order valence-corrected chi connectivity index (χ2v) is 16.4. The number of ether oxygens (including phenoxy) is 5. The third kappa shape index (κ3) is 7.86. The maximum Gasteiger partial charge on any atom is 0.228 e. The van der Waals surface area contributed by atoms with Crippen LogP contribution in [0.2, 0.25) is 0 Å². The van der Waals surface area contributed by atoms with Gasteiger partial charge in [0.05, 0.1) is 41.5 Å². The second kappa shape index (κ2) is 14.5. The van der Waals surface area contributed by atoms with Crippen molar-refractivity contribution in [3.05, 3.63) is 0 Å². The predicted molar refractivity (Wildman–Crippen MR) is 177 cm³/mol. The Balaban J connectivity index is 1.55. The number of aliphatic hydroxyl groups is 1. The van der Waals surface area contributed by atoms with Crippen LogP contribution in [-0.4, -0.2) is 133 Å². The van der Waals surface area contributed by atoms with Gasteiger partial charge in [0.2, 0.25) is 11.8 Å². The first-order valence-corrected chi connectivity index (χ1v) is 18.1. The van der Waals surface area contributed by atoms with E-state index in [1.165, 1.54) is 0 Å². The molecule has 0 aromatic heterocycles. The van der Waals surface area contributed by atoms with Gasteiger partial charge in [-0.25, -0.2) is 0 Å². The van der Waals surface area contributed by atoms with Crippen LogP contribution in [0.15, 0.2) is 0 Å². The summed E-state index contributed by atoms with van der Waals surface area (Å²) < 4.78 is 32.6. The van der Waals surface area contributed by atoms with Crippen LogP contribution in [0.1, 0.15) is 92.9 Å². The molecule has 0 spiro atoms. The van der Waals surface area contributed by atoms with E-state index in [0.29, 0.717) is 38.8 Å². The largest absolute Gasteiger partial charge is 0.387 e. The molecule has 5 saturated heterocycles. The van der Waals surface area contributed by atoms with Gasteiger partial charge in [-0.1, -0.05) is 20.8 Å². The Labute approximate surface area is 282 Å². The molecule has 0 aromatic rings. The maximum absolute atomic E-state index is 14.4. The molecule has 0 aliphatic carbocycles. The van der Waals surface area contributed by atoms with Gasteiger partial charge in [-0.2, -0.15) is 0 Å². The monoisotopic (exact) mass is 665 g/mol. The number of carbonyl (C=O) groups is 2.